The lowest BCUT2D eigenvalue weighted by molar-refractivity contribution is -0.135. The predicted molar refractivity (Wildman–Crippen MR) is 42.6 cm³/mol. The van der Waals surface area contributed by atoms with Crippen molar-refractivity contribution in [2.75, 3.05) is 5.75 Å². The van der Waals surface area contributed by atoms with Crippen molar-refractivity contribution < 1.29 is 20.1 Å². The summed E-state index contributed by atoms with van der Waals surface area (Å²) in [6.45, 7) is 1.14. The average Bonchev–Trinajstić information content (AvgIpc) is 2.00. The van der Waals surface area contributed by atoms with Gasteiger partial charge in [0.25, 0.3) is 0 Å². The van der Waals surface area contributed by atoms with Crippen molar-refractivity contribution in [1.82, 2.24) is 0 Å². The van der Waals surface area contributed by atoms with E-state index in [9.17, 15) is 4.79 Å². The van der Waals surface area contributed by atoms with Crippen LogP contribution in [0.3, 0.4) is 0 Å². The maximum Gasteiger partial charge on any atom is 0.160 e. The van der Waals surface area contributed by atoms with Gasteiger partial charge in [-0.05, 0) is 6.92 Å². The van der Waals surface area contributed by atoms with Crippen LogP contribution in [0.25, 0.3) is 0 Å². The molecule has 0 aliphatic heterocycles. The SMILES string of the molecule is CC(=O)[C@H](O)[C@H](O)[C@H](O)CS. The first-order chi connectivity index (χ1) is 5.00. The predicted octanol–water partition coefficient (Wildman–Crippen LogP) is -1.41. The molecule has 0 fully saturated rings. The molecule has 0 amide bonds. The van der Waals surface area contributed by atoms with Crippen molar-refractivity contribution in [3.05, 3.63) is 0 Å². The molecule has 0 rings (SSSR count). The summed E-state index contributed by atoms with van der Waals surface area (Å²) in [5.74, 6) is -0.566. The molecule has 0 spiro atoms. The molecule has 11 heavy (non-hydrogen) atoms. The largest absolute Gasteiger partial charge is 0.389 e. The van der Waals surface area contributed by atoms with Gasteiger partial charge in [-0.2, -0.15) is 12.6 Å². The van der Waals surface area contributed by atoms with E-state index in [-0.39, 0.29) is 5.75 Å². The summed E-state index contributed by atoms with van der Waals surface area (Å²) < 4.78 is 0. The molecule has 0 unspecified atom stereocenters. The van der Waals surface area contributed by atoms with Gasteiger partial charge in [0.15, 0.2) is 5.78 Å². The summed E-state index contributed by atoms with van der Waals surface area (Å²) >= 11 is 3.69. The van der Waals surface area contributed by atoms with Crippen molar-refractivity contribution in [2.45, 2.75) is 25.2 Å². The monoisotopic (exact) mass is 180 g/mol. The van der Waals surface area contributed by atoms with Gasteiger partial charge in [0.2, 0.25) is 0 Å². The molecule has 0 radical (unpaired) electrons. The number of hydrogen-bond acceptors (Lipinski definition) is 5. The highest BCUT2D eigenvalue weighted by atomic mass is 32.1. The van der Waals surface area contributed by atoms with E-state index in [1.807, 2.05) is 0 Å². The van der Waals surface area contributed by atoms with Crippen molar-refractivity contribution >= 4 is 18.4 Å². The van der Waals surface area contributed by atoms with Gasteiger partial charge >= 0.3 is 0 Å². The molecule has 0 aromatic heterocycles. The van der Waals surface area contributed by atoms with E-state index >= 15 is 0 Å². The number of Topliss-reactive ketones (excluding diaryl/α,β-unsaturated/α-hetero) is 1. The molecule has 0 aliphatic rings. The van der Waals surface area contributed by atoms with Crippen LogP contribution in [0.5, 0.6) is 0 Å². The molecule has 4 nitrogen and oxygen atoms in total. The first-order valence-corrected chi connectivity index (χ1v) is 3.79. The van der Waals surface area contributed by atoms with Gasteiger partial charge < -0.3 is 15.3 Å². The molecule has 5 heteroatoms. The Labute approximate surface area is 70.3 Å². The van der Waals surface area contributed by atoms with Crippen molar-refractivity contribution in [2.24, 2.45) is 0 Å². The fraction of sp³-hybridized carbons (Fsp3) is 0.833. The van der Waals surface area contributed by atoms with Crippen LogP contribution >= 0.6 is 12.6 Å². The third-order valence-corrected chi connectivity index (χ3v) is 1.70. The Kier molecular flexibility index (Phi) is 4.67. The molecule has 0 saturated heterocycles. The zero-order valence-corrected chi connectivity index (χ0v) is 7.03. The van der Waals surface area contributed by atoms with Crippen LogP contribution in [0.4, 0.5) is 0 Å². The molecule has 66 valence electrons. The fourth-order valence-electron chi connectivity index (χ4n) is 0.559. The Hall–Kier alpha value is -0.100. The summed E-state index contributed by atoms with van der Waals surface area (Å²) in [6, 6.07) is 0. The maximum absolute atomic E-state index is 10.5. The van der Waals surface area contributed by atoms with Gasteiger partial charge in [0.1, 0.15) is 12.2 Å². The van der Waals surface area contributed by atoms with E-state index in [2.05, 4.69) is 12.6 Å². The first kappa shape index (κ1) is 10.9. The quantitative estimate of drug-likeness (QED) is 0.401. The van der Waals surface area contributed by atoms with Crippen molar-refractivity contribution in [1.29, 1.82) is 0 Å². The molecule has 0 saturated carbocycles. The number of ketones is 1. The third-order valence-electron chi connectivity index (χ3n) is 1.32. The molecular formula is C6H12O4S. The lowest BCUT2D eigenvalue weighted by atomic mass is 10.1. The van der Waals surface area contributed by atoms with E-state index < -0.39 is 24.1 Å². The summed E-state index contributed by atoms with van der Waals surface area (Å²) in [5, 5.41) is 26.8. The lowest BCUT2D eigenvalue weighted by Gasteiger charge is -2.19. The summed E-state index contributed by atoms with van der Waals surface area (Å²) in [6.07, 6.45) is -4.13. The minimum absolute atomic E-state index is 0.00546. The Morgan fingerprint density at radius 2 is 1.91 bits per heavy atom. The Bertz CT molecular complexity index is 139. The van der Waals surface area contributed by atoms with Crippen molar-refractivity contribution in [3.8, 4) is 0 Å². The topological polar surface area (TPSA) is 77.8 Å². The second-order valence-corrected chi connectivity index (χ2v) is 2.66. The Morgan fingerprint density at radius 1 is 1.45 bits per heavy atom. The normalized spacial score (nSPS) is 19.0. The minimum Gasteiger partial charge on any atom is -0.389 e. The smallest absolute Gasteiger partial charge is 0.160 e. The van der Waals surface area contributed by atoms with Gasteiger partial charge in [-0.1, -0.05) is 0 Å². The number of aliphatic hydroxyl groups is 3. The van der Waals surface area contributed by atoms with Crippen LogP contribution < -0.4 is 0 Å². The molecule has 3 N–H and O–H groups in total. The van der Waals surface area contributed by atoms with E-state index in [0.717, 1.165) is 6.92 Å². The highest BCUT2D eigenvalue weighted by Crippen LogP contribution is 2.02. The zero-order valence-electron chi connectivity index (χ0n) is 6.14. The minimum atomic E-state index is -1.52. The van der Waals surface area contributed by atoms with Gasteiger partial charge in [0.05, 0.1) is 6.10 Å². The van der Waals surface area contributed by atoms with Gasteiger partial charge in [-0.3, -0.25) is 4.79 Å². The maximum atomic E-state index is 10.5. The van der Waals surface area contributed by atoms with E-state index in [0.29, 0.717) is 0 Å². The van der Waals surface area contributed by atoms with Crippen LogP contribution in [0.2, 0.25) is 0 Å². The highest BCUT2D eigenvalue weighted by Gasteiger charge is 2.26. The molecule has 0 bridgehead atoms. The molecule has 0 aliphatic carbocycles. The number of thiol groups is 1. The van der Waals surface area contributed by atoms with E-state index in [1.165, 1.54) is 0 Å². The average molecular weight is 180 g/mol. The van der Waals surface area contributed by atoms with Crippen LogP contribution in [0, 0.1) is 0 Å². The summed E-state index contributed by atoms with van der Waals surface area (Å²) in [5.41, 5.74) is 0. The van der Waals surface area contributed by atoms with Crippen molar-refractivity contribution in [3.63, 3.8) is 0 Å². The molecule has 0 heterocycles. The lowest BCUT2D eigenvalue weighted by Crippen LogP contribution is -2.42. The second-order valence-electron chi connectivity index (χ2n) is 2.30. The number of rotatable bonds is 4. The van der Waals surface area contributed by atoms with Crippen LogP contribution in [-0.2, 0) is 4.79 Å². The fourth-order valence-corrected chi connectivity index (χ4v) is 0.775. The van der Waals surface area contributed by atoms with Crippen LogP contribution in [0.1, 0.15) is 6.92 Å². The first-order valence-electron chi connectivity index (χ1n) is 3.16. The van der Waals surface area contributed by atoms with Gasteiger partial charge in [-0.25, -0.2) is 0 Å². The number of aliphatic hydroxyl groups excluding tert-OH is 3. The number of carbonyl (C=O) groups is 1. The second kappa shape index (κ2) is 4.71. The molecule has 3 atom stereocenters. The number of carbonyl (C=O) groups excluding carboxylic acids is 1. The summed E-state index contributed by atoms with van der Waals surface area (Å²) in [4.78, 5) is 10.5. The third kappa shape index (κ3) is 3.20. The molecular weight excluding hydrogens is 168 g/mol. The molecule has 0 aromatic carbocycles. The van der Waals surface area contributed by atoms with Gasteiger partial charge in [-0.15, -0.1) is 0 Å². The molecule has 0 aromatic rings. The van der Waals surface area contributed by atoms with Crippen LogP contribution in [-0.4, -0.2) is 45.2 Å². The standard InChI is InChI=1S/C6H12O4S/c1-3(7)5(9)6(10)4(8)2-11/h4-6,8-11H,2H2,1H3/t4-,5+,6-/m1/s1. The van der Waals surface area contributed by atoms with Gasteiger partial charge in [0, 0.05) is 5.75 Å². The van der Waals surface area contributed by atoms with E-state index in [4.69, 9.17) is 15.3 Å². The van der Waals surface area contributed by atoms with E-state index in [1.54, 1.807) is 0 Å². The highest BCUT2D eigenvalue weighted by molar-refractivity contribution is 7.80. The Morgan fingerprint density at radius 3 is 2.18 bits per heavy atom. The summed E-state index contributed by atoms with van der Waals surface area (Å²) in [7, 11) is 0. The Balaban J connectivity index is 4.00. The number of hydrogen-bond donors (Lipinski definition) is 4. The zero-order chi connectivity index (χ0) is 9.02. The van der Waals surface area contributed by atoms with Crippen LogP contribution in [0.15, 0.2) is 0 Å².